The smallest absolute Gasteiger partial charge is 0.319 e. The zero-order valence-corrected chi connectivity index (χ0v) is 13.5. The normalized spacial score (nSPS) is 10.4. The molecular weight excluding hydrogens is 304 g/mol. The Hall–Kier alpha value is -3.15. The van der Waals surface area contributed by atoms with E-state index in [9.17, 15) is 4.79 Å². The van der Waals surface area contributed by atoms with Crippen LogP contribution in [0.15, 0.2) is 53.1 Å². The number of aryl methyl sites for hydroxylation is 2. The molecule has 2 N–H and O–H groups in total. The number of carbonyl (C=O) groups is 1. The molecule has 0 aliphatic heterocycles. The maximum Gasteiger partial charge on any atom is 0.319 e. The van der Waals surface area contributed by atoms with Crippen LogP contribution in [0.2, 0.25) is 0 Å². The van der Waals surface area contributed by atoms with E-state index < -0.39 is 0 Å². The number of amides is 2. The number of carbonyl (C=O) groups excluding carboxylic acids is 1. The molecule has 2 amide bonds. The molecule has 0 unspecified atom stereocenters. The lowest BCUT2D eigenvalue weighted by Gasteiger charge is -2.06. The van der Waals surface area contributed by atoms with E-state index in [0.29, 0.717) is 11.7 Å². The number of aromatic nitrogens is 2. The van der Waals surface area contributed by atoms with Gasteiger partial charge in [-0.25, -0.2) is 4.79 Å². The van der Waals surface area contributed by atoms with E-state index in [2.05, 4.69) is 20.8 Å². The van der Waals surface area contributed by atoms with Gasteiger partial charge in [-0.3, -0.25) is 0 Å². The highest BCUT2D eigenvalue weighted by molar-refractivity contribution is 5.89. The standard InChI is InChI=1S/C18H18N4O2/c1-12-5-3-7-14(9-12)17-21-16(24-22-17)11-19-18(23)20-15-8-4-6-13(2)10-15/h3-10H,11H2,1-2H3,(H2,19,20,23). The fraction of sp³-hybridized carbons (Fsp3) is 0.167. The largest absolute Gasteiger partial charge is 0.337 e. The van der Waals surface area contributed by atoms with Crippen LogP contribution in [0.4, 0.5) is 10.5 Å². The minimum absolute atomic E-state index is 0.163. The second-order valence-corrected chi connectivity index (χ2v) is 5.56. The molecule has 0 atom stereocenters. The van der Waals surface area contributed by atoms with Crippen LogP contribution in [0, 0.1) is 13.8 Å². The van der Waals surface area contributed by atoms with Crippen molar-refractivity contribution in [2.24, 2.45) is 0 Å². The van der Waals surface area contributed by atoms with Gasteiger partial charge in [0.05, 0.1) is 6.54 Å². The minimum Gasteiger partial charge on any atom is -0.337 e. The van der Waals surface area contributed by atoms with Gasteiger partial charge in [-0.1, -0.05) is 41.1 Å². The first-order chi connectivity index (χ1) is 11.6. The van der Waals surface area contributed by atoms with Gasteiger partial charge in [-0.2, -0.15) is 4.98 Å². The Morgan fingerprint density at radius 3 is 2.58 bits per heavy atom. The lowest BCUT2D eigenvalue weighted by molar-refractivity contribution is 0.249. The second-order valence-electron chi connectivity index (χ2n) is 5.56. The summed E-state index contributed by atoms with van der Waals surface area (Å²) in [4.78, 5) is 16.2. The molecule has 24 heavy (non-hydrogen) atoms. The summed E-state index contributed by atoms with van der Waals surface area (Å²) in [6, 6.07) is 15.1. The third-order valence-corrected chi connectivity index (χ3v) is 3.42. The van der Waals surface area contributed by atoms with E-state index in [1.54, 1.807) is 0 Å². The number of hydrogen-bond acceptors (Lipinski definition) is 4. The molecule has 0 aliphatic carbocycles. The topological polar surface area (TPSA) is 80.0 Å². The highest BCUT2D eigenvalue weighted by Crippen LogP contribution is 2.16. The van der Waals surface area contributed by atoms with E-state index in [4.69, 9.17) is 4.52 Å². The molecule has 6 nitrogen and oxygen atoms in total. The first-order valence-electron chi connectivity index (χ1n) is 7.61. The molecule has 6 heteroatoms. The summed E-state index contributed by atoms with van der Waals surface area (Å²) in [6.07, 6.45) is 0. The summed E-state index contributed by atoms with van der Waals surface area (Å²) in [5.74, 6) is 0.862. The van der Waals surface area contributed by atoms with Gasteiger partial charge in [0.25, 0.3) is 0 Å². The summed E-state index contributed by atoms with van der Waals surface area (Å²) < 4.78 is 5.18. The molecule has 122 valence electrons. The summed E-state index contributed by atoms with van der Waals surface area (Å²) in [7, 11) is 0. The van der Waals surface area contributed by atoms with Crippen molar-refractivity contribution >= 4 is 11.7 Å². The van der Waals surface area contributed by atoms with E-state index in [1.807, 2.05) is 62.4 Å². The predicted octanol–water partition coefficient (Wildman–Crippen LogP) is 3.68. The monoisotopic (exact) mass is 322 g/mol. The number of hydrogen-bond donors (Lipinski definition) is 2. The average molecular weight is 322 g/mol. The van der Waals surface area contributed by atoms with E-state index in [0.717, 1.165) is 22.4 Å². The van der Waals surface area contributed by atoms with Crippen LogP contribution in [0.1, 0.15) is 17.0 Å². The van der Waals surface area contributed by atoms with Crippen molar-refractivity contribution in [3.63, 3.8) is 0 Å². The predicted molar refractivity (Wildman–Crippen MR) is 91.5 cm³/mol. The summed E-state index contributed by atoms with van der Waals surface area (Å²) in [5, 5.41) is 9.40. The summed E-state index contributed by atoms with van der Waals surface area (Å²) >= 11 is 0. The Labute approximate surface area is 139 Å². The van der Waals surface area contributed by atoms with Gasteiger partial charge in [0.2, 0.25) is 11.7 Å². The number of rotatable bonds is 4. The maximum absolute atomic E-state index is 11.9. The van der Waals surface area contributed by atoms with Gasteiger partial charge in [0, 0.05) is 11.3 Å². The van der Waals surface area contributed by atoms with Gasteiger partial charge in [0.1, 0.15) is 0 Å². The highest BCUT2D eigenvalue weighted by atomic mass is 16.5. The van der Waals surface area contributed by atoms with Crippen LogP contribution >= 0.6 is 0 Å². The number of anilines is 1. The summed E-state index contributed by atoms with van der Waals surface area (Å²) in [6.45, 7) is 4.13. The van der Waals surface area contributed by atoms with Crippen LogP contribution in [0.25, 0.3) is 11.4 Å². The molecule has 0 aliphatic rings. The van der Waals surface area contributed by atoms with Gasteiger partial charge in [-0.15, -0.1) is 0 Å². The zero-order chi connectivity index (χ0) is 16.9. The van der Waals surface area contributed by atoms with Gasteiger partial charge in [0.15, 0.2) is 0 Å². The third kappa shape index (κ3) is 3.98. The third-order valence-electron chi connectivity index (χ3n) is 3.42. The van der Waals surface area contributed by atoms with Crippen LogP contribution in [0.3, 0.4) is 0 Å². The van der Waals surface area contributed by atoms with Crippen molar-refractivity contribution in [1.29, 1.82) is 0 Å². The Bertz CT molecular complexity index is 857. The van der Waals surface area contributed by atoms with Crippen LogP contribution < -0.4 is 10.6 Å². The molecule has 0 radical (unpaired) electrons. The molecule has 1 heterocycles. The average Bonchev–Trinajstić information content (AvgIpc) is 3.02. The van der Waals surface area contributed by atoms with Gasteiger partial charge >= 0.3 is 6.03 Å². The van der Waals surface area contributed by atoms with Gasteiger partial charge < -0.3 is 15.2 Å². The number of urea groups is 1. The van der Waals surface area contributed by atoms with Crippen molar-refractivity contribution in [2.75, 3.05) is 5.32 Å². The van der Waals surface area contributed by atoms with Crippen molar-refractivity contribution < 1.29 is 9.32 Å². The molecule has 0 saturated carbocycles. The van der Waals surface area contributed by atoms with Crippen LogP contribution in [0.5, 0.6) is 0 Å². The van der Waals surface area contributed by atoms with E-state index in [1.165, 1.54) is 0 Å². The molecule has 0 saturated heterocycles. The molecule has 0 bridgehead atoms. The quantitative estimate of drug-likeness (QED) is 0.768. The molecule has 0 spiro atoms. The fourth-order valence-electron chi connectivity index (χ4n) is 2.28. The summed E-state index contributed by atoms with van der Waals surface area (Å²) in [5.41, 5.74) is 3.81. The zero-order valence-electron chi connectivity index (χ0n) is 13.5. The first kappa shape index (κ1) is 15.7. The number of nitrogens with zero attached hydrogens (tertiary/aromatic N) is 2. The Balaban J connectivity index is 1.58. The molecule has 1 aromatic heterocycles. The molecule has 0 fully saturated rings. The van der Waals surface area contributed by atoms with Crippen molar-refractivity contribution in [2.45, 2.75) is 20.4 Å². The van der Waals surface area contributed by atoms with Crippen molar-refractivity contribution in [1.82, 2.24) is 15.5 Å². The molecule has 2 aromatic carbocycles. The van der Waals surface area contributed by atoms with Crippen LogP contribution in [-0.2, 0) is 6.54 Å². The fourth-order valence-corrected chi connectivity index (χ4v) is 2.28. The second kappa shape index (κ2) is 6.95. The minimum atomic E-state index is -0.323. The van der Waals surface area contributed by atoms with Crippen molar-refractivity contribution in [3.05, 3.63) is 65.5 Å². The van der Waals surface area contributed by atoms with Gasteiger partial charge in [-0.05, 0) is 37.6 Å². The Morgan fingerprint density at radius 2 is 1.83 bits per heavy atom. The SMILES string of the molecule is Cc1cccc(NC(=O)NCc2nc(-c3cccc(C)c3)no2)c1. The van der Waals surface area contributed by atoms with Crippen LogP contribution in [-0.4, -0.2) is 16.2 Å². The highest BCUT2D eigenvalue weighted by Gasteiger charge is 2.10. The first-order valence-corrected chi connectivity index (χ1v) is 7.61. The molecular formula is C18H18N4O2. The lowest BCUT2D eigenvalue weighted by atomic mass is 10.1. The molecule has 3 rings (SSSR count). The Morgan fingerprint density at radius 1 is 1.08 bits per heavy atom. The lowest BCUT2D eigenvalue weighted by Crippen LogP contribution is -2.28. The number of benzene rings is 2. The van der Waals surface area contributed by atoms with Crippen molar-refractivity contribution in [3.8, 4) is 11.4 Å². The van der Waals surface area contributed by atoms with E-state index >= 15 is 0 Å². The maximum atomic E-state index is 11.9. The number of nitrogens with one attached hydrogen (secondary N) is 2. The molecule has 3 aromatic rings. The van der Waals surface area contributed by atoms with E-state index in [-0.39, 0.29) is 12.6 Å². The Kier molecular flexibility index (Phi) is 4.56.